The van der Waals surface area contributed by atoms with Crippen molar-refractivity contribution in [2.24, 2.45) is 0 Å². The van der Waals surface area contributed by atoms with Crippen LogP contribution in [-0.4, -0.2) is 68.0 Å². The summed E-state index contributed by atoms with van der Waals surface area (Å²) < 4.78 is 16.7. The molecule has 1 aliphatic rings. The van der Waals surface area contributed by atoms with Crippen molar-refractivity contribution in [3.8, 4) is 28.6 Å². The first-order chi connectivity index (χ1) is 13.9. The van der Waals surface area contributed by atoms with Gasteiger partial charge in [0.2, 0.25) is 6.29 Å². The Bertz CT molecular complexity index is 992. The van der Waals surface area contributed by atoms with E-state index in [1.807, 2.05) is 0 Å². The Hall–Kier alpha value is -2.82. The SMILES string of the molecule is OC[C@H]1O[C@@H](Oc2ccc3cc(-c4cc(O)cc(O)c4)oc3c2)[C@H](O)[C@@H](O)[C@@H]1O. The largest absolute Gasteiger partial charge is 0.508 e. The Morgan fingerprint density at radius 1 is 0.862 bits per heavy atom. The maximum atomic E-state index is 10.1. The highest BCUT2D eigenvalue weighted by atomic mass is 16.7. The van der Waals surface area contributed by atoms with Crippen molar-refractivity contribution in [2.45, 2.75) is 30.7 Å². The molecule has 0 unspecified atom stereocenters. The highest BCUT2D eigenvalue weighted by molar-refractivity contribution is 5.84. The van der Waals surface area contributed by atoms with Crippen LogP contribution in [0.4, 0.5) is 0 Å². The summed E-state index contributed by atoms with van der Waals surface area (Å²) in [6.07, 6.45) is -6.91. The number of aliphatic hydroxyl groups excluding tert-OH is 4. The van der Waals surface area contributed by atoms with Gasteiger partial charge in [-0.15, -0.1) is 0 Å². The summed E-state index contributed by atoms with van der Waals surface area (Å²) in [5.74, 6) is 0.469. The van der Waals surface area contributed by atoms with Crippen LogP contribution in [0.15, 0.2) is 46.9 Å². The minimum absolute atomic E-state index is 0.105. The molecule has 1 aromatic heterocycles. The summed E-state index contributed by atoms with van der Waals surface area (Å²) in [5.41, 5.74) is 0.917. The molecular weight excluding hydrogens is 384 g/mol. The number of ether oxygens (including phenoxy) is 2. The first kappa shape index (κ1) is 19.5. The smallest absolute Gasteiger partial charge is 0.229 e. The van der Waals surface area contributed by atoms with E-state index in [9.17, 15) is 30.6 Å². The molecule has 3 aromatic rings. The molecule has 154 valence electrons. The molecule has 4 rings (SSSR count). The van der Waals surface area contributed by atoms with Crippen LogP contribution >= 0.6 is 0 Å². The normalized spacial score (nSPS) is 27.2. The molecule has 0 saturated carbocycles. The molecule has 6 N–H and O–H groups in total. The van der Waals surface area contributed by atoms with Gasteiger partial charge >= 0.3 is 0 Å². The zero-order valence-electron chi connectivity index (χ0n) is 15.0. The van der Waals surface area contributed by atoms with Gasteiger partial charge in [0.25, 0.3) is 0 Å². The number of phenolic OH excluding ortho intramolecular Hbond substituents is 2. The maximum absolute atomic E-state index is 10.1. The van der Waals surface area contributed by atoms with Gasteiger partial charge in [0.1, 0.15) is 53.0 Å². The predicted octanol–water partition coefficient (Wildman–Crippen LogP) is 0.690. The Balaban J connectivity index is 1.59. The van der Waals surface area contributed by atoms with Gasteiger partial charge in [-0.05, 0) is 30.3 Å². The monoisotopic (exact) mass is 404 g/mol. The van der Waals surface area contributed by atoms with Crippen molar-refractivity contribution in [2.75, 3.05) is 6.61 Å². The molecule has 0 spiro atoms. The molecule has 1 aliphatic heterocycles. The van der Waals surface area contributed by atoms with Gasteiger partial charge in [0, 0.05) is 23.1 Å². The number of hydrogen-bond acceptors (Lipinski definition) is 9. The summed E-state index contributed by atoms with van der Waals surface area (Å²) >= 11 is 0. The number of benzene rings is 2. The zero-order chi connectivity index (χ0) is 20.7. The molecule has 9 heteroatoms. The van der Waals surface area contributed by atoms with Gasteiger partial charge in [-0.25, -0.2) is 0 Å². The fourth-order valence-electron chi connectivity index (χ4n) is 3.26. The van der Waals surface area contributed by atoms with Crippen LogP contribution in [0.5, 0.6) is 17.2 Å². The number of fused-ring (bicyclic) bond motifs is 1. The predicted molar refractivity (Wildman–Crippen MR) is 99.4 cm³/mol. The van der Waals surface area contributed by atoms with Gasteiger partial charge in [-0.1, -0.05) is 0 Å². The van der Waals surface area contributed by atoms with Crippen molar-refractivity contribution in [3.05, 3.63) is 42.5 Å². The number of hydrogen-bond donors (Lipinski definition) is 6. The maximum Gasteiger partial charge on any atom is 0.229 e. The average molecular weight is 404 g/mol. The van der Waals surface area contributed by atoms with Crippen LogP contribution in [0, 0.1) is 0 Å². The molecule has 5 atom stereocenters. The van der Waals surface area contributed by atoms with Crippen molar-refractivity contribution >= 4 is 11.0 Å². The van der Waals surface area contributed by atoms with Crippen LogP contribution in [0.25, 0.3) is 22.3 Å². The van der Waals surface area contributed by atoms with Gasteiger partial charge in [-0.2, -0.15) is 0 Å². The van der Waals surface area contributed by atoms with Crippen LogP contribution in [0.2, 0.25) is 0 Å². The van der Waals surface area contributed by atoms with Crippen LogP contribution in [0.1, 0.15) is 0 Å². The number of phenols is 2. The van der Waals surface area contributed by atoms with E-state index in [1.165, 1.54) is 18.2 Å². The molecule has 0 radical (unpaired) electrons. The van der Waals surface area contributed by atoms with Crippen molar-refractivity contribution in [3.63, 3.8) is 0 Å². The Morgan fingerprint density at radius 2 is 1.59 bits per heavy atom. The van der Waals surface area contributed by atoms with Gasteiger partial charge < -0.3 is 44.5 Å². The van der Waals surface area contributed by atoms with E-state index in [1.54, 1.807) is 24.3 Å². The number of aliphatic hydroxyl groups is 4. The lowest BCUT2D eigenvalue weighted by Gasteiger charge is -2.39. The summed E-state index contributed by atoms with van der Waals surface area (Å²) in [6.45, 7) is -0.553. The minimum atomic E-state index is -1.54. The molecule has 1 saturated heterocycles. The van der Waals surface area contributed by atoms with Crippen LogP contribution in [0.3, 0.4) is 0 Å². The first-order valence-corrected chi connectivity index (χ1v) is 8.90. The molecule has 2 heterocycles. The van der Waals surface area contributed by atoms with E-state index in [4.69, 9.17) is 13.9 Å². The molecular formula is C20H20O9. The van der Waals surface area contributed by atoms with Crippen molar-refractivity contribution < 1.29 is 44.5 Å². The minimum Gasteiger partial charge on any atom is -0.508 e. The van der Waals surface area contributed by atoms with E-state index in [-0.39, 0.29) is 17.2 Å². The Morgan fingerprint density at radius 3 is 2.28 bits per heavy atom. The second kappa shape index (κ2) is 7.54. The number of aromatic hydroxyl groups is 2. The van der Waals surface area contributed by atoms with E-state index in [2.05, 4.69) is 0 Å². The lowest BCUT2D eigenvalue weighted by atomic mass is 9.99. The van der Waals surface area contributed by atoms with Crippen molar-refractivity contribution in [1.82, 2.24) is 0 Å². The average Bonchev–Trinajstić information content (AvgIpc) is 3.11. The first-order valence-electron chi connectivity index (χ1n) is 8.90. The summed E-state index contributed by atoms with van der Waals surface area (Å²) in [7, 11) is 0. The van der Waals surface area contributed by atoms with Gasteiger partial charge in [0.05, 0.1) is 6.61 Å². The number of rotatable bonds is 4. The molecule has 2 aromatic carbocycles. The van der Waals surface area contributed by atoms with Gasteiger partial charge in [-0.3, -0.25) is 0 Å². The fourth-order valence-corrected chi connectivity index (χ4v) is 3.26. The molecule has 1 fully saturated rings. The van der Waals surface area contributed by atoms with E-state index in [0.717, 1.165) is 5.39 Å². The second-order valence-electron chi connectivity index (χ2n) is 6.86. The Kier molecular flexibility index (Phi) is 5.07. The van der Waals surface area contributed by atoms with E-state index in [0.29, 0.717) is 16.9 Å². The van der Waals surface area contributed by atoms with Crippen LogP contribution in [-0.2, 0) is 4.74 Å². The molecule has 0 aliphatic carbocycles. The van der Waals surface area contributed by atoms with Crippen molar-refractivity contribution in [1.29, 1.82) is 0 Å². The van der Waals surface area contributed by atoms with E-state index < -0.39 is 37.3 Å². The highest BCUT2D eigenvalue weighted by Crippen LogP contribution is 2.34. The Labute approximate surface area is 164 Å². The lowest BCUT2D eigenvalue weighted by molar-refractivity contribution is -0.277. The van der Waals surface area contributed by atoms with Gasteiger partial charge in [0.15, 0.2) is 0 Å². The lowest BCUT2D eigenvalue weighted by Crippen LogP contribution is -2.60. The third-order valence-electron chi connectivity index (χ3n) is 4.78. The van der Waals surface area contributed by atoms with E-state index >= 15 is 0 Å². The zero-order valence-corrected chi connectivity index (χ0v) is 15.0. The standard InChI is InChI=1S/C20H20O9/c21-8-16-17(24)18(25)19(26)20(29-16)27-13-2-1-9-5-14(28-15(9)7-13)10-3-11(22)6-12(23)4-10/h1-7,16-26H,8H2/t16-,17-,18+,19-,20-/m1/s1. The fraction of sp³-hybridized carbons (Fsp3) is 0.300. The summed E-state index contributed by atoms with van der Waals surface area (Å²) in [4.78, 5) is 0. The third-order valence-corrected chi connectivity index (χ3v) is 4.78. The summed E-state index contributed by atoms with van der Waals surface area (Å²) in [6, 6.07) is 10.7. The topological polar surface area (TPSA) is 153 Å². The third kappa shape index (κ3) is 3.74. The second-order valence-corrected chi connectivity index (χ2v) is 6.86. The summed E-state index contributed by atoms with van der Waals surface area (Å²) in [5, 5.41) is 59.1. The van der Waals surface area contributed by atoms with Crippen LogP contribution < -0.4 is 4.74 Å². The highest BCUT2D eigenvalue weighted by Gasteiger charge is 2.44. The quantitative estimate of drug-likeness (QED) is 0.369. The number of furan rings is 1. The molecule has 0 bridgehead atoms. The molecule has 29 heavy (non-hydrogen) atoms. The molecule has 0 amide bonds. The molecule has 9 nitrogen and oxygen atoms in total.